The Morgan fingerprint density at radius 2 is 1.88 bits per heavy atom. The molecule has 0 spiro atoms. The molecule has 0 atom stereocenters. The zero-order chi connectivity index (χ0) is 12.9. The molecule has 0 heterocycles. The molecule has 0 aliphatic rings. The first-order chi connectivity index (χ1) is 7.87. The second-order valence-electron chi connectivity index (χ2n) is 4.61. The van der Waals surface area contributed by atoms with E-state index in [2.05, 4.69) is 5.48 Å². The van der Waals surface area contributed by atoms with E-state index in [-0.39, 0.29) is 5.60 Å². The van der Waals surface area contributed by atoms with E-state index in [9.17, 15) is 4.79 Å². The van der Waals surface area contributed by atoms with Gasteiger partial charge in [0, 0.05) is 6.08 Å². The van der Waals surface area contributed by atoms with Gasteiger partial charge in [0.1, 0.15) is 0 Å². The first-order valence-electron chi connectivity index (χ1n) is 5.32. The van der Waals surface area contributed by atoms with E-state index in [1.165, 1.54) is 6.08 Å². The molecule has 0 radical (unpaired) electrons. The molecule has 0 aromatic heterocycles. The van der Waals surface area contributed by atoms with Crippen molar-refractivity contribution in [1.29, 1.82) is 0 Å². The van der Waals surface area contributed by atoms with Crippen LogP contribution in [0.4, 0.5) is 5.69 Å². The number of nitrogens with one attached hydrogen (secondary N) is 1. The maximum atomic E-state index is 10.3. The third-order valence-corrected chi connectivity index (χ3v) is 1.80. The summed E-state index contributed by atoms with van der Waals surface area (Å²) in [5.74, 6) is -0.955. The molecule has 92 valence electrons. The molecule has 0 aliphatic heterocycles. The van der Waals surface area contributed by atoms with Gasteiger partial charge in [-0.3, -0.25) is 10.3 Å². The molecular weight excluding hydrogens is 218 g/mol. The van der Waals surface area contributed by atoms with Crippen LogP contribution in [0, 0.1) is 0 Å². The molecule has 0 unspecified atom stereocenters. The van der Waals surface area contributed by atoms with Gasteiger partial charge in [-0.2, -0.15) is 0 Å². The van der Waals surface area contributed by atoms with Gasteiger partial charge in [-0.25, -0.2) is 4.79 Å². The lowest BCUT2D eigenvalue weighted by Gasteiger charge is -2.19. The highest BCUT2D eigenvalue weighted by Crippen LogP contribution is 2.14. The van der Waals surface area contributed by atoms with Crippen LogP contribution in [-0.4, -0.2) is 16.7 Å². The smallest absolute Gasteiger partial charge is 0.328 e. The van der Waals surface area contributed by atoms with Crippen LogP contribution in [0.15, 0.2) is 30.3 Å². The molecule has 2 N–H and O–H groups in total. The van der Waals surface area contributed by atoms with E-state index in [1.807, 2.05) is 45.0 Å². The van der Waals surface area contributed by atoms with Crippen molar-refractivity contribution >= 4 is 17.7 Å². The van der Waals surface area contributed by atoms with Crippen LogP contribution in [-0.2, 0) is 9.63 Å². The Bertz CT molecular complexity index is 402. The fourth-order valence-electron chi connectivity index (χ4n) is 1.04. The summed E-state index contributed by atoms with van der Waals surface area (Å²) in [6, 6.07) is 7.28. The van der Waals surface area contributed by atoms with Gasteiger partial charge >= 0.3 is 5.97 Å². The summed E-state index contributed by atoms with van der Waals surface area (Å²) in [5.41, 5.74) is 4.23. The van der Waals surface area contributed by atoms with Crippen LogP contribution in [0.5, 0.6) is 0 Å². The zero-order valence-electron chi connectivity index (χ0n) is 10.2. The SMILES string of the molecule is CC(C)(C)ONc1ccc(/C=C/C(=O)O)cc1. The summed E-state index contributed by atoms with van der Waals surface area (Å²) >= 11 is 0. The summed E-state index contributed by atoms with van der Waals surface area (Å²) in [5, 5.41) is 8.48. The molecule has 0 fully saturated rings. The van der Waals surface area contributed by atoms with Gasteiger partial charge in [0.2, 0.25) is 0 Å². The lowest BCUT2D eigenvalue weighted by Crippen LogP contribution is -2.22. The predicted molar refractivity (Wildman–Crippen MR) is 67.6 cm³/mol. The first kappa shape index (κ1) is 13.3. The number of hydrogen-bond donors (Lipinski definition) is 2. The van der Waals surface area contributed by atoms with Gasteiger partial charge in [-0.15, -0.1) is 0 Å². The maximum Gasteiger partial charge on any atom is 0.328 e. The van der Waals surface area contributed by atoms with Crippen LogP contribution in [0.25, 0.3) is 6.08 Å². The van der Waals surface area contributed by atoms with Crippen LogP contribution in [0.3, 0.4) is 0 Å². The summed E-state index contributed by atoms with van der Waals surface area (Å²) in [6.07, 6.45) is 2.64. The highest BCUT2D eigenvalue weighted by Gasteiger charge is 2.09. The van der Waals surface area contributed by atoms with E-state index < -0.39 is 5.97 Å². The Morgan fingerprint density at radius 1 is 1.29 bits per heavy atom. The van der Waals surface area contributed by atoms with Crippen molar-refractivity contribution < 1.29 is 14.7 Å². The maximum absolute atomic E-state index is 10.3. The summed E-state index contributed by atoms with van der Waals surface area (Å²) in [6.45, 7) is 5.85. The normalized spacial score (nSPS) is 11.7. The van der Waals surface area contributed by atoms with Crippen molar-refractivity contribution in [3.05, 3.63) is 35.9 Å². The highest BCUT2D eigenvalue weighted by atomic mass is 16.7. The van der Waals surface area contributed by atoms with Crippen LogP contribution < -0.4 is 5.48 Å². The Hall–Kier alpha value is -1.81. The number of rotatable bonds is 4. The van der Waals surface area contributed by atoms with Gasteiger partial charge in [0.25, 0.3) is 0 Å². The topological polar surface area (TPSA) is 58.6 Å². The van der Waals surface area contributed by atoms with E-state index in [0.29, 0.717) is 0 Å². The molecule has 0 saturated carbocycles. The Kier molecular flexibility index (Phi) is 4.29. The summed E-state index contributed by atoms with van der Waals surface area (Å²) in [4.78, 5) is 15.7. The number of carboxylic acids is 1. The number of hydrogen-bond acceptors (Lipinski definition) is 3. The van der Waals surface area contributed by atoms with Gasteiger partial charge in [-0.05, 0) is 44.5 Å². The minimum Gasteiger partial charge on any atom is -0.478 e. The Labute approximate surface area is 101 Å². The van der Waals surface area contributed by atoms with Crippen molar-refractivity contribution in [2.24, 2.45) is 0 Å². The van der Waals surface area contributed by atoms with Crippen LogP contribution >= 0.6 is 0 Å². The number of benzene rings is 1. The second-order valence-corrected chi connectivity index (χ2v) is 4.61. The minimum atomic E-state index is -0.955. The third kappa shape index (κ3) is 5.73. The lowest BCUT2D eigenvalue weighted by atomic mass is 10.2. The number of carbonyl (C=O) groups is 1. The Morgan fingerprint density at radius 3 is 2.35 bits per heavy atom. The quantitative estimate of drug-likeness (QED) is 0.622. The van der Waals surface area contributed by atoms with Gasteiger partial charge < -0.3 is 5.11 Å². The van der Waals surface area contributed by atoms with Gasteiger partial charge in [0.15, 0.2) is 0 Å². The predicted octanol–water partition coefficient (Wildman–Crippen LogP) is 2.93. The molecule has 0 bridgehead atoms. The molecule has 1 aromatic rings. The van der Waals surface area contributed by atoms with Crippen molar-refractivity contribution in [3.8, 4) is 0 Å². The molecule has 4 heteroatoms. The summed E-state index contributed by atoms with van der Waals surface area (Å²) < 4.78 is 0. The highest BCUT2D eigenvalue weighted by molar-refractivity contribution is 5.85. The largest absolute Gasteiger partial charge is 0.478 e. The molecule has 4 nitrogen and oxygen atoms in total. The number of aliphatic carboxylic acids is 1. The van der Waals surface area contributed by atoms with Crippen molar-refractivity contribution in [2.75, 3.05) is 5.48 Å². The molecule has 17 heavy (non-hydrogen) atoms. The zero-order valence-corrected chi connectivity index (χ0v) is 10.2. The van der Waals surface area contributed by atoms with Gasteiger partial charge in [0.05, 0.1) is 11.3 Å². The molecular formula is C13H17NO3. The molecule has 0 saturated heterocycles. The van der Waals surface area contributed by atoms with Crippen molar-refractivity contribution in [1.82, 2.24) is 0 Å². The Balaban J connectivity index is 2.59. The number of carboxylic acid groups (broad SMARTS) is 1. The fourth-order valence-corrected chi connectivity index (χ4v) is 1.04. The second kappa shape index (κ2) is 5.50. The molecule has 1 rings (SSSR count). The first-order valence-corrected chi connectivity index (χ1v) is 5.32. The van der Waals surface area contributed by atoms with E-state index in [0.717, 1.165) is 17.3 Å². The minimum absolute atomic E-state index is 0.262. The molecule has 0 amide bonds. The van der Waals surface area contributed by atoms with Crippen LogP contribution in [0.1, 0.15) is 26.3 Å². The molecule has 1 aromatic carbocycles. The van der Waals surface area contributed by atoms with Gasteiger partial charge in [-0.1, -0.05) is 12.1 Å². The third-order valence-electron chi connectivity index (χ3n) is 1.80. The van der Waals surface area contributed by atoms with E-state index in [4.69, 9.17) is 9.94 Å². The van der Waals surface area contributed by atoms with Crippen LogP contribution in [0.2, 0.25) is 0 Å². The van der Waals surface area contributed by atoms with Crippen molar-refractivity contribution in [3.63, 3.8) is 0 Å². The monoisotopic (exact) mass is 235 g/mol. The molecule has 0 aliphatic carbocycles. The van der Waals surface area contributed by atoms with Crippen molar-refractivity contribution in [2.45, 2.75) is 26.4 Å². The standard InChI is InChI=1S/C13H17NO3/c1-13(2,3)17-14-11-7-4-10(5-8-11)6-9-12(15)16/h4-9,14H,1-3H3,(H,15,16)/b9-6+. The van der Waals surface area contributed by atoms with E-state index >= 15 is 0 Å². The average Bonchev–Trinajstić information content (AvgIpc) is 2.24. The fraction of sp³-hybridized carbons (Fsp3) is 0.308. The summed E-state index contributed by atoms with van der Waals surface area (Å²) in [7, 11) is 0. The van der Waals surface area contributed by atoms with E-state index in [1.54, 1.807) is 0 Å². The lowest BCUT2D eigenvalue weighted by molar-refractivity contribution is -0.131. The average molecular weight is 235 g/mol. The number of anilines is 1.